The quantitative estimate of drug-likeness (QED) is 0.870. The van der Waals surface area contributed by atoms with Crippen molar-refractivity contribution in [2.75, 3.05) is 0 Å². The molecule has 1 N–H and O–H groups in total. The third kappa shape index (κ3) is 2.28. The van der Waals surface area contributed by atoms with Crippen molar-refractivity contribution in [1.29, 1.82) is 0 Å². The molecule has 1 heterocycles. The Morgan fingerprint density at radius 1 is 1.18 bits per heavy atom. The van der Waals surface area contributed by atoms with Gasteiger partial charge < -0.3 is 5.11 Å². The van der Waals surface area contributed by atoms with E-state index in [0.29, 0.717) is 5.56 Å². The molecule has 1 aromatic carbocycles. The molecule has 0 aliphatic carbocycles. The number of halogens is 2. The van der Waals surface area contributed by atoms with Crippen molar-refractivity contribution in [3.63, 3.8) is 0 Å². The number of carboxylic acids is 1. The van der Waals surface area contributed by atoms with Gasteiger partial charge in [-0.25, -0.2) is 13.6 Å². The third-order valence-electron chi connectivity index (χ3n) is 2.23. The van der Waals surface area contributed by atoms with Crippen LogP contribution in [0, 0.1) is 11.6 Å². The smallest absolute Gasteiger partial charge is 0.337 e. The molecular formula is C12H7F2NO2. The van der Waals surface area contributed by atoms with E-state index in [4.69, 9.17) is 5.11 Å². The molecule has 2 aromatic rings. The van der Waals surface area contributed by atoms with Gasteiger partial charge in [0.2, 0.25) is 0 Å². The molecule has 0 fully saturated rings. The number of hydrogen-bond acceptors (Lipinski definition) is 2. The molecule has 2 rings (SSSR count). The third-order valence-corrected chi connectivity index (χ3v) is 2.23. The summed E-state index contributed by atoms with van der Waals surface area (Å²) in [6.07, 6.45) is 2.48. The zero-order chi connectivity index (χ0) is 12.4. The van der Waals surface area contributed by atoms with Gasteiger partial charge >= 0.3 is 5.97 Å². The van der Waals surface area contributed by atoms with Crippen LogP contribution in [0.5, 0.6) is 0 Å². The van der Waals surface area contributed by atoms with Crippen molar-refractivity contribution in [2.45, 2.75) is 0 Å². The maximum absolute atomic E-state index is 13.5. The fraction of sp³-hybridized carbons (Fsp3) is 0. The minimum Gasteiger partial charge on any atom is -0.478 e. The molecule has 5 heteroatoms. The van der Waals surface area contributed by atoms with E-state index in [-0.39, 0.29) is 11.1 Å². The van der Waals surface area contributed by atoms with E-state index >= 15 is 0 Å². The van der Waals surface area contributed by atoms with Crippen LogP contribution in [0.3, 0.4) is 0 Å². The zero-order valence-electron chi connectivity index (χ0n) is 8.52. The summed E-state index contributed by atoms with van der Waals surface area (Å²) in [6.45, 7) is 0. The molecule has 0 aliphatic rings. The lowest BCUT2D eigenvalue weighted by Gasteiger charge is -2.04. The zero-order valence-corrected chi connectivity index (χ0v) is 8.52. The van der Waals surface area contributed by atoms with Gasteiger partial charge in [-0.2, -0.15) is 0 Å². The van der Waals surface area contributed by atoms with E-state index in [9.17, 15) is 13.6 Å². The van der Waals surface area contributed by atoms with E-state index in [1.54, 1.807) is 0 Å². The van der Waals surface area contributed by atoms with Gasteiger partial charge in [-0.1, -0.05) is 0 Å². The molecule has 1 aromatic heterocycles. The largest absolute Gasteiger partial charge is 0.478 e. The minimum absolute atomic E-state index is 0.0498. The van der Waals surface area contributed by atoms with Crippen molar-refractivity contribution in [3.05, 3.63) is 53.9 Å². The Bertz CT molecular complexity index is 584. The van der Waals surface area contributed by atoms with Gasteiger partial charge in [0.25, 0.3) is 0 Å². The van der Waals surface area contributed by atoms with E-state index < -0.39 is 17.6 Å². The number of benzene rings is 1. The molecule has 0 aliphatic heterocycles. The van der Waals surface area contributed by atoms with Crippen LogP contribution in [0.2, 0.25) is 0 Å². The average molecular weight is 235 g/mol. The number of aromatic carboxylic acids is 1. The van der Waals surface area contributed by atoms with Gasteiger partial charge in [-0.05, 0) is 18.2 Å². The second kappa shape index (κ2) is 4.29. The standard InChI is InChI=1S/C12H7F2NO2/c13-9-1-2-10(11(14)4-9)7-3-8(12(16)17)6-15-5-7/h1-6H,(H,16,17). The van der Waals surface area contributed by atoms with Crippen LogP contribution in [-0.2, 0) is 0 Å². The van der Waals surface area contributed by atoms with Gasteiger partial charge in [0.15, 0.2) is 0 Å². The van der Waals surface area contributed by atoms with Gasteiger partial charge in [0.1, 0.15) is 11.6 Å². The Morgan fingerprint density at radius 3 is 2.59 bits per heavy atom. The molecule has 86 valence electrons. The molecule has 0 radical (unpaired) electrons. The molecular weight excluding hydrogens is 228 g/mol. The lowest BCUT2D eigenvalue weighted by molar-refractivity contribution is 0.0696. The lowest BCUT2D eigenvalue weighted by atomic mass is 10.1. The molecule has 3 nitrogen and oxygen atoms in total. The fourth-order valence-corrected chi connectivity index (χ4v) is 1.43. The second-order valence-electron chi connectivity index (χ2n) is 3.39. The highest BCUT2D eigenvalue weighted by Gasteiger charge is 2.09. The van der Waals surface area contributed by atoms with E-state index in [1.165, 1.54) is 18.3 Å². The maximum Gasteiger partial charge on any atom is 0.337 e. The van der Waals surface area contributed by atoms with Gasteiger partial charge in [-0.3, -0.25) is 4.98 Å². The van der Waals surface area contributed by atoms with Crippen molar-refractivity contribution in [3.8, 4) is 11.1 Å². The van der Waals surface area contributed by atoms with Crippen molar-refractivity contribution < 1.29 is 18.7 Å². The summed E-state index contributed by atoms with van der Waals surface area (Å²) in [7, 11) is 0. The highest BCUT2D eigenvalue weighted by atomic mass is 19.1. The Morgan fingerprint density at radius 2 is 1.94 bits per heavy atom. The highest BCUT2D eigenvalue weighted by Crippen LogP contribution is 2.23. The molecule has 0 bridgehead atoms. The number of carboxylic acid groups (broad SMARTS) is 1. The first-order chi connectivity index (χ1) is 8.08. The predicted molar refractivity (Wildman–Crippen MR) is 56.5 cm³/mol. The summed E-state index contributed by atoms with van der Waals surface area (Å²) in [5.41, 5.74) is 0.357. The number of carbonyl (C=O) groups is 1. The van der Waals surface area contributed by atoms with Crippen LogP contribution in [0.4, 0.5) is 8.78 Å². The molecule has 0 amide bonds. The monoisotopic (exact) mass is 235 g/mol. The van der Waals surface area contributed by atoms with E-state index in [0.717, 1.165) is 18.3 Å². The summed E-state index contributed by atoms with van der Waals surface area (Å²) in [5.74, 6) is -2.59. The Labute approximate surface area is 95.4 Å². The summed E-state index contributed by atoms with van der Waals surface area (Å²) < 4.78 is 26.2. The summed E-state index contributed by atoms with van der Waals surface area (Å²) >= 11 is 0. The van der Waals surface area contributed by atoms with Crippen molar-refractivity contribution in [1.82, 2.24) is 4.98 Å². The van der Waals surface area contributed by atoms with Crippen LogP contribution < -0.4 is 0 Å². The van der Waals surface area contributed by atoms with Crippen LogP contribution in [0.1, 0.15) is 10.4 Å². The van der Waals surface area contributed by atoms with Crippen molar-refractivity contribution in [2.24, 2.45) is 0 Å². The molecule has 0 saturated carbocycles. The van der Waals surface area contributed by atoms with Gasteiger partial charge in [0.05, 0.1) is 5.56 Å². The van der Waals surface area contributed by atoms with Crippen LogP contribution in [0.15, 0.2) is 36.7 Å². The first kappa shape index (κ1) is 11.2. The highest BCUT2D eigenvalue weighted by molar-refractivity contribution is 5.88. The summed E-state index contributed by atoms with van der Waals surface area (Å²) in [6, 6.07) is 4.37. The van der Waals surface area contributed by atoms with Crippen LogP contribution >= 0.6 is 0 Å². The van der Waals surface area contributed by atoms with Gasteiger partial charge in [0, 0.05) is 29.6 Å². The first-order valence-electron chi connectivity index (χ1n) is 4.71. The topological polar surface area (TPSA) is 50.2 Å². The van der Waals surface area contributed by atoms with Crippen LogP contribution in [-0.4, -0.2) is 16.1 Å². The molecule has 0 unspecified atom stereocenters. The molecule has 0 atom stereocenters. The van der Waals surface area contributed by atoms with Crippen molar-refractivity contribution >= 4 is 5.97 Å². The summed E-state index contributed by atoms with van der Waals surface area (Å²) in [4.78, 5) is 14.4. The predicted octanol–water partition coefficient (Wildman–Crippen LogP) is 2.73. The normalized spacial score (nSPS) is 10.2. The number of nitrogens with zero attached hydrogens (tertiary/aromatic N) is 1. The molecule has 17 heavy (non-hydrogen) atoms. The number of rotatable bonds is 2. The van der Waals surface area contributed by atoms with Gasteiger partial charge in [-0.15, -0.1) is 0 Å². The lowest BCUT2D eigenvalue weighted by Crippen LogP contribution is -1.98. The van der Waals surface area contributed by atoms with Crippen LogP contribution in [0.25, 0.3) is 11.1 Å². The minimum atomic E-state index is -1.15. The fourth-order valence-electron chi connectivity index (χ4n) is 1.43. The number of aromatic nitrogens is 1. The average Bonchev–Trinajstić information content (AvgIpc) is 2.29. The Kier molecular flexibility index (Phi) is 2.82. The van der Waals surface area contributed by atoms with E-state index in [1.807, 2.05) is 0 Å². The Balaban J connectivity index is 2.53. The second-order valence-corrected chi connectivity index (χ2v) is 3.39. The summed E-state index contributed by atoms with van der Waals surface area (Å²) in [5, 5.41) is 8.78. The number of hydrogen-bond donors (Lipinski definition) is 1. The molecule has 0 saturated heterocycles. The first-order valence-corrected chi connectivity index (χ1v) is 4.71. The van der Waals surface area contributed by atoms with E-state index in [2.05, 4.69) is 4.98 Å². The molecule has 0 spiro atoms. The number of pyridine rings is 1. The SMILES string of the molecule is O=C(O)c1cncc(-c2ccc(F)cc2F)c1. The maximum atomic E-state index is 13.5. The Hall–Kier alpha value is -2.30.